The Morgan fingerprint density at radius 2 is 2.43 bits per heavy atom. The zero-order valence-corrected chi connectivity index (χ0v) is 5.34. The molecule has 1 atom stereocenters. The van der Waals surface area contributed by atoms with E-state index in [0.29, 0.717) is 5.32 Å². The zero-order valence-electron chi connectivity index (χ0n) is 3.63. The van der Waals surface area contributed by atoms with Crippen molar-refractivity contribution < 1.29 is 9.90 Å². The average Bonchev–Trinajstić information content (AvgIpc) is 1.65. The molecule has 0 aliphatic heterocycles. The summed E-state index contributed by atoms with van der Waals surface area (Å²) >= 11 is 2.52. The molecule has 0 aliphatic rings. The zero-order chi connectivity index (χ0) is 5.86. The summed E-state index contributed by atoms with van der Waals surface area (Å²) < 4.78 is 0. The molecular formula is C3H6NO2Se. The van der Waals surface area contributed by atoms with Crippen LogP contribution in [0.4, 0.5) is 0 Å². The number of hydrogen-bond donors (Lipinski definition) is 2. The molecule has 0 unspecified atom stereocenters. The van der Waals surface area contributed by atoms with Gasteiger partial charge in [0.25, 0.3) is 0 Å². The number of carbonyl (C=O) groups is 1. The van der Waals surface area contributed by atoms with Crippen molar-refractivity contribution >= 4 is 22.0 Å². The van der Waals surface area contributed by atoms with E-state index in [0.717, 1.165) is 0 Å². The molecule has 4 heteroatoms. The number of hydrogen-bond acceptors (Lipinski definition) is 2. The van der Waals surface area contributed by atoms with E-state index >= 15 is 0 Å². The first-order valence-corrected chi connectivity index (χ1v) is 2.96. The summed E-state index contributed by atoms with van der Waals surface area (Å²) in [5.41, 5.74) is 4.98. The minimum atomic E-state index is -0.959. The van der Waals surface area contributed by atoms with Crippen LogP contribution in [0.1, 0.15) is 0 Å². The summed E-state index contributed by atoms with van der Waals surface area (Å²) in [6.07, 6.45) is 0. The van der Waals surface area contributed by atoms with Crippen molar-refractivity contribution in [3.63, 3.8) is 0 Å². The van der Waals surface area contributed by atoms with Gasteiger partial charge in [0.1, 0.15) is 0 Å². The Morgan fingerprint density at radius 3 is 2.43 bits per heavy atom. The van der Waals surface area contributed by atoms with Crippen LogP contribution in [-0.2, 0) is 4.79 Å². The third-order valence-corrected chi connectivity index (χ3v) is 1.25. The molecule has 0 aromatic carbocycles. The molecule has 0 aromatic heterocycles. The molecule has 0 aromatic rings. The first-order chi connectivity index (χ1) is 3.18. The molecule has 3 N–H and O–H groups in total. The molecule has 0 saturated carbocycles. The van der Waals surface area contributed by atoms with Crippen LogP contribution in [0.5, 0.6) is 0 Å². The predicted octanol–water partition coefficient (Wildman–Crippen LogP) is -1.01. The monoisotopic (exact) mass is 168 g/mol. The van der Waals surface area contributed by atoms with Crippen LogP contribution in [0.2, 0.25) is 5.32 Å². The molecule has 0 rings (SSSR count). The van der Waals surface area contributed by atoms with E-state index in [1.54, 1.807) is 0 Å². The molecule has 0 aliphatic carbocycles. The Balaban J connectivity index is 3.34. The Kier molecular flexibility index (Phi) is 3.00. The van der Waals surface area contributed by atoms with Crippen molar-refractivity contribution in [2.75, 3.05) is 0 Å². The van der Waals surface area contributed by atoms with E-state index in [1.165, 1.54) is 0 Å². The quantitative estimate of drug-likeness (QED) is 0.517. The normalized spacial score (nSPS) is 13.4. The Labute approximate surface area is 49.7 Å². The van der Waals surface area contributed by atoms with Crippen LogP contribution in [-0.4, -0.2) is 33.1 Å². The number of carboxylic acids is 1. The van der Waals surface area contributed by atoms with Gasteiger partial charge in [-0.2, -0.15) is 0 Å². The van der Waals surface area contributed by atoms with Gasteiger partial charge in [0.2, 0.25) is 0 Å². The SMILES string of the molecule is N[C@H](C[Se])C(=O)O. The molecule has 3 nitrogen and oxygen atoms in total. The van der Waals surface area contributed by atoms with Crippen molar-refractivity contribution in [1.82, 2.24) is 0 Å². The first kappa shape index (κ1) is 6.95. The van der Waals surface area contributed by atoms with E-state index in [1.807, 2.05) is 0 Å². The Morgan fingerprint density at radius 1 is 2.00 bits per heavy atom. The fourth-order valence-electron chi connectivity index (χ4n) is 0.0713. The average molecular weight is 167 g/mol. The predicted molar refractivity (Wildman–Crippen MR) is 26.2 cm³/mol. The summed E-state index contributed by atoms with van der Waals surface area (Å²) in [6, 6.07) is -0.736. The summed E-state index contributed by atoms with van der Waals surface area (Å²) in [7, 11) is 0. The second-order valence-corrected chi connectivity index (χ2v) is 1.81. The Hall–Kier alpha value is -0.0505. The maximum atomic E-state index is 9.79. The molecule has 0 spiro atoms. The second kappa shape index (κ2) is 3.02. The maximum absolute atomic E-state index is 9.79. The van der Waals surface area contributed by atoms with E-state index in [-0.39, 0.29) is 0 Å². The van der Waals surface area contributed by atoms with Crippen molar-refractivity contribution in [1.29, 1.82) is 0 Å². The van der Waals surface area contributed by atoms with Crippen molar-refractivity contribution in [2.24, 2.45) is 5.73 Å². The van der Waals surface area contributed by atoms with Gasteiger partial charge < -0.3 is 0 Å². The minimum absolute atomic E-state index is 0.370. The molecule has 7 heavy (non-hydrogen) atoms. The van der Waals surface area contributed by atoms with Gasteiger partial charge >= 0.3 is 49.0 Å². The molecule has 1 radical (unpaired) electrons. The van der Waals surface area contributed by atoms with E-state index in [9.17, 15) is 4.79 Å². The van der Waals surface area contributed by atoms with Crippen molar-refractivity contribution in [3.8, 4) is 0 Å². The molecule has 41 valence electrons. The van der Waals surface area contributed by atoms with Crippen molar-refractivity contribution in [2.45, 2.75) is 11.4 Å². The Bertz CT molecular complexity index is 75.3. The molecule has 0 fully saturated rings. The van der Waals surface area contributed by atoms with E-state index in [4.69, 9.17) is 10.8 Å². The van der Waals surface area contributed by atoms with Crippen LogP contribution < -0.4 is 5.73 Å². The summed E-state index contributed by atoms with van der Waals surface area (Å²) in [5.74, 6) is -0.959. The van der Waals surface area contributed by atoms with Gasteiger partial charge in [-0.25, -0.2) is 0 Å². The number of aliphatic carboxylic acids is 1. The number of nitrogens with two attached hydrogens (primary N) is 1. The third kappa shape index (κ3) is 2.62. The number of rotatable bonds is 2. The molecule has 0 bridgehead atoms. The number of carboxylic acid groups (broad SMARTS) is 1. The van der Waals surface area contributed by atoms with Crippen LogP contribution in [0, 0.1) is 0 Å². The first-order valence-electron chi connectivity index (χ1n) is 1.75. The molecule has 0 saturated heterocycles. The van der Waals surface area contributed by atoms with Gasteiger partial charge in [-0.15, -0.1) is 0 Å². The third-order valence-electron chi connectivity index (χ3n) is 0.497. The fraction of sp³-hybridized carbons (Fsp3) is 0.667. The van der Waals surface area contributed by atoms with Crippen LogP contribution in [0.3, 0.4) is 0 Å². The van der Waals surface area contributed by atoms with Gasteiger partial charge in [0, 0.05) is 0 Å². The fourth-order valence-corrected chi connectivity index (χ4v) is 0.370. The molecular weight excluding hydrogens is 161 g/mol. The van der Waals surface area contributed by atoms with Crippen LogP contribution in [0.15, 0.2) is 0 Å². The van der Waals surface area contributed by atoms with Gasteiger partial charge in [0.05, 0.1) is 0 Å². The van der Waals surface area contributed by atoms with Crippen LogP contribution in [0.25, 0.3) is 0 Å². The standard InChI is InChI=1S/C3H6NO2Se/c4-2(1-7)3(5)6/h2H,1,4H2,(H,5,6)/t2-/m1/s1. The second-order valence-electron chi connectivity index (χ2n) is 1.11. The van der Waals surface area contributed by atoms with Crippen molar-refractivity contribution in [3.05, 3.63) is 0 Å². The summed E-state index contributed by atoms with van der Waals surface area (Å²) in [6.45, 7) is 0. The van der Waals surface area contributed by atoms with Gasteiger partial charge in [-0.05, 0) is 0 Å². The van der Waals surface area contributed by atoms with Gasteiger partial charge in [-0.3, -0.25) is 0 Å². The summed E-state index contributed by atoms with van der Waals surface area (Å²) in [5, 5.41) is 8.41. The topological polar surface area (TPSA) is 63.3 Å². The van der Waals surface area contributed by atoms with Crippen LogP contribution >= 0.6 is 0 Å². The molecule has 0 amide bonds. The van der Waals surface area contributed by atoms with Gasteiger partial charge in [-0.1, -0.05) is 0 Å². The summed E-state index contributed by atoms with van der Waals surface area (Å²) in [4.78, 5) is 9.79. The van der Waals surface area contributed by atoms with E-state index < -0.39 is 12.0 Å². The molecule has 0 heterocycles. The van der Waals surface area contributed by atoms with E-state index in [2.05, 4.69) is 16.0 Å². The van der Waals surface area contributed by atoms with Gasteiger partial charge in [0.15, 0.2) is 0 Å².